The van der Waals surface area contributed by atoms with Gasteiger partial charge in [-0.15, -0.1) is 11.8 Å². The number of nitrogens with one attached hydrogen (secondary N) is 1. The number of aromatic nitrogens is 1. The lowest BCUT2D eigenvalue weighted by atomic mass is 10.2. The van der Waals surface area contributed by atoms with Gasteiger partial charge in [-0.1, -0.05) is 0 Å². The number of pyridine rings is 1. The second-order valence-corrected chi connectivity index (χ2v) is 4.66. The highest BCUT2D eigenvalue weighted by Crippen LogP contribution is 2.25. The molecular weight excluding hydrogens is 250 g/mol. The molecule has 0 fully saturated rings. The van der Waals surface area contributed by atoms with Gasteiger partial charge in [-0.3, -0.25) is 15.2 Å². The fourth-order valence-corrected chi connectivity index (χ4v) is 2.28. The number of nitrogens with two attached hydrogens (primary N) is 1. The van der Waals surface area contributed by atoms with Crippen molar-refractivity contribution >= 4 is 17.7 Å². The largest absolute Gasteiger partial charge is 0.468 e. The van der Waals surface area contributed by atoms with Crippen LogP contribution in [0.5, 0.6) is 0 Å². The van der Waals surface area contributed by atoms with Gasteiger partial charge in [0.05, 0.1) is 17.5 Å². The third-order valence-electron chi connectivity index (χ3n) is 2.40. The van der Waals surface area contributed by atoms with E-state index in [0.717, 1.165) is 22.1 Å². The third kappa shape index (κ3) is 2.91. The molecule has 2 rings (SSSR count). The van der Waals surface area contributed by atoms with Crippen molar-refractivity contribution < 1.29 is 9.21 Å². The lowest BCUT2D eigenvalue weighted by Gasteiger charge is -2.02. The van der Waals surface area contributed by atoms with Crippen LogP contribution in [-0.4, -0.2) is 10.9 Å². The van der Waals surface area contributed by atoms with E-state index < -0.39 is 0 Å². The topological polar surface area (TPSA) is 81.2 Å². The van der Waals surface area contributed by atoms with E-state index in [1.165, 1.54) is 6.20 Å². The van der Waals surface area contributed by atoms with Crippen LogP contribution in [0.15, 0.2) is 40.0 Å². The van der Waals surface area contributed by atoms with Gasteiger partial charge in [0.1, 0.15) is 5.76 Å². The summed E-state index contributed by atoms with van der Waals surface area (Å²) in [6.45, 7) is 1.92. The van der Waals surface area contributed by atoms with Crippen LogP contribution in [0.1, 0.15) is 21.8 Å². The molecular formula is C12H13N3O2S. The Kier molecular flexibility index (Phi) is 4.01. The first-order valence-corrected chi connectivity index (χ1v) is 6.32. The standard InChI is InChI=1S/C12H13N3O2S/c1-8-11(4-5-17-8)18-7-10-3-2-9(6-14-10)12(16)15-13/h2-6H,7,13H2,1H3,(H,15,16). The van der Waals surface area contributed by atoms with Gasteiger partial charge >= 0.3 is 0 Å². The molecule has 0 spiro atoms. The van der Waals surface area contributed by atoms with Crippen LogP contribution in [-0.2, 0) is 5.75 Å². The second kappa shape index (κ2) is 5.70. The van der Waals surface area contributed by atoms with Gasteiger partial charge in [0, 0.05) is 16.8 Å². The molecule has 94 valence electrons. The summed E-state index contributed by atoms with van der Waals surface area (Å²) < 4.78 is 5.21. The first kappa shape index (κ1) is 12.7. The first-order valence-electron chi connectivity index (χ1n) is 5.33. The van der Waals surface area contributed by atoms with Crippen molar-refractivity contribution in [1.82, 2.24) is 10.4 Å². The summed E-state index contributed by atoms with van der Waals surface area (Å²) in [6.07, 6.45) is 3.18. The highest BCUT2D eigenvalue weighted by Gasteiger charge is 2.06. The molecule has 0 aliphatic rings. The molecule has 2 aromatic heterocycles. The quantitative estimate of drug-likeness (QED) is 0.381. The van der Waals surface area contributed by atoms with E-state index in [2.05, 4.69) is 10.4 Å². The molecule has 2 aromatic rings. The molecule has 0 unspecified atom stereocenters. The van der Waals surface area contributed by atoms with Gasteiger partial charge in [0.15, 0.2) is 0 Å². The van der Waals surface area contributed by atoms with Crippen molar-refractivity contribution in [3.05, 3.63) is 47.7 Å². The molecule has 0 saturated carbocycles. The second-order valence-electron chi connectivity index (χ2n) is 3.64. The highest BCUT2D eigenvalue weighted by molar-refractivity contribution is 7.98. The minimum absolute atomic E-state index is 0.340. The van der Waals surface area contributed by atoms with Crippen molar-refractivity contribution in [2.75, 3.05) is 0 Å². The van der Waals surface area contributed by atoms with Crippen LogP contribution in [0.4, 0.5) is 0 Å². The van der Waals surface area contributed by atoms with Gasteiger partial charge in [-0.2, -0.15) is 0 Å². The Bertz CT molecular complexity index is 537. The molecule has 5 nitrogen and oxygen atoms in total. The monoisotopic (exact) mass is 263 g/mol. The van der Waals surface area contributed by atoms with Crippen LogP contribution in [0.25, 0.3) is 0 Å². The summed E-state index contributed by atoms with van der Waals surface area (Å²) in [4.78, 5) is 16.5. The van der Waals surface area contributed by atoms with Gasteiger partial charge in [0.25, 0.3) is 5.91 Å². The van der Waals surface area contributed by atoms with Crippen molar-refractivity contribution in [3.8, 4) is 0 Å². The van der Waals surface area contributed by atoms with Gasteiger partial charge < -0.3 is 4.42 Å². The van der Waals surface area contributed by atoms with Gasteiger partial charge in [0.2, 0.25) is 0 Å². The number of hydrogen-bond acceptors (Lipinski definition) is 5. The fourth-order valence-electron chi connectivity index (χ4n) is 1.40. The lowest BCUT2D eigenvalue weighted by Crippen LogP contribution is -2.30. The highest BCUT2D eigenvalue weighted by atomic mass is 32.2. The molecule has 0 bridgehead atoms. The van der Waals surface area contributed by atoms with E-state index in [4.69, 9.17) is 10.3 Å². The molecule has 0 aromatic carbocycles. The normalized spacial score (nSPS) is 10.3. The summed E-state index contributed by atoms with van der Waals surface area (Å²) in [5.74, 6) is 6.33. The Morgan fingerprint density at radius 3 is 2.89 bits per heavy atom. The number of aryl methyl sites for hydroxylation is 1. The summed E-state index contributed by atoms with van der Waals surface area (Å²) in [5, 5.41) is 0. The SMILES string of the molecule is Cc1occc1SCc1ccc(C(=O)NN)cn1. The number of nitrogens with zero attached hydrogens (tertiary/aromatic N) is 1. The van der Waals surface area contributed by atoms with Crippen molar-refractivity contribution in [2.24, 2.45) is 5.84 Å². The molecule has 1 amide bonds. The zero-order valence-electron chi connectivity index (χ0n) is 9.84. The zero-order chi connectivity index (χ0) is 13.0. The number of carbonyl (C=O) groups excluding carboxylic acids is 1. The van der Waals surface area contributed by atoms with E-state index >= 15 is 0 Å². The average Bonchev–Trinajstić information content (AvgIpc) is 2.81. The molecule has 2 heterocycles. The zero-order valence-corrected chi connectivity index (χ0v) is 10.7. The summed E-state index contributed by atoms with van der Waals surface area (Å²) in [7, 11) is 0. The predicted octanol–water partition coefficient (Wildman–Crippen LogP) is 1.88. The number of thioether (sulfide) groups is 1. The van der Waals surface area contributed by atoms with Crippen LogP contribution in [0.2, 0.25) is 0 Å². The maximum atomic E-state index is 11.2. The lowest BCUT2D eigenvalue weighted by molar-refractivity contribution is 0.0953. The molecule has 0 aliphatic carbocycles. The summed E-state index contributed by atoms with van der Waals surface area (Å²) in [6, 6.07) is 5.44. The Morgan fingerprint density at radius 1 is 1.50 bits per heavy atom. The molecule has 0 saturated heterocycles. The van der Waals surface area contributed by atoms with Crippen molar-refractivity contribution in [1.29, 1.82) is 0 Å². The number of furan rings is 1. The van der Waals surface area contributed by atoms with Gasteiger partial charge in [-0.05, 0) is 25.1 Å². The maximum Gasteiger partial charge on any atom is 0.266 e. The number of hydrazine groups is 1. The minimum atomic E-state index is -0.340. The number of rotatable bonds is 4. The summed E-state index contributed by atoms with van der Waals surface area (Å²) >= 11 is 1.65. The van der Waals surface area contributed by atoms with E-state index in [-0.39, 0.29) is 5.91 Å². The molecule has 0 atom stereocenters. The Hall–Kier alpha value is -1.79. The van der Waals surface area contributed by atoms with Crippen LogP contribution >= 0.6 is 11.8 Å². The Labute approximate surface area is 109 Å². The fraction of sp³-hybridized carbons (Fsp3) is 0.167. The summed E-state index contributed by atoms with van der Waals surface area (Å²) in [5.41, 5.74) is 3.41. The van der Waals surface area contributed by atoms with Crippen LogP contribution in [0.3, 0.4) is 0 Å². The predicted molar refractivity (Wildman–Crippen MR) is 68.9 cm³/mol. The smallest absolute Gasteiger partial charge is 0.266 e. The molecule has 0 aliphatic heterocycles. The van der Waals surface area contributed by atoms with E-state index in [9.17, 15) is 4.79 Å². The van der Waals surface area contributed by atoms with E-state index in [1.54, 1.807) is 24.1 Å². The number of nitrogen functional groups attached to an aromatic ring is 1. The number of carbonyl (C=O) groups is 1. The van der Waals surface area contributed by atoms with Crippen LogP contribution < -0.4 is 11.3 Å². The molecule has 0 radical (unpaired) electrons. The minimum Gasteiger partial charge on any atom is -0.468 e. The Balaban J connectivity index is 1.98. The number of hydrogen-bond donors (Lipinski definition) is 2. The molecule has 18 heavy (non-hydrogen) atoms. The van der Waals surface area contributed by atoms with Crippen molar-refractivity contribution in [2.45, 2.75) is 17.6 Å². The van der Waals surface area contributed by atoms with Gasteiger partial charge in [-0.25, -0.2) is 5.84 Å². The average molecular weight is 263 g/mol. The van der Waals surface area contributed by atoms with E-state index in [1.807, 2.05) is 19.1 Å². The molecule has 6 heteroatoms. The van der Waals surface area contributed by atoms with Crippen LogP contribution in [0, 0.1) is 6.92 Å². The van der Waals surface area contributed by atoms with E-state index in [0.29, 0.717) is 5.56 Å². The Morgan fingerprint density at radius 2 is 2.33 bits per heavy atom. The maximum absolute atomic E-state index is 11.2. The van der Waals surface area contributed by atoms with Crippen molar-refractivity contribution in [3.63, 3.8) is 0 Å². The first-order chi connectivity index (χ1) is 8.70. The number of amides is 1. The molecule has 3 N–H and O–H groups in total. The third-order valence-corrected chi connectivity index (χ3v) is 3.58.